The van der Waals surface area contributed by atoms with Gasteiger partial charge in [-0.3, -0.25) is 0 Å². The van der Waals surface area contributed by atoms with E-state index in [4.69, 9.17) is 65.0 Å². The Hall–Kier alpha value is -5.20. The fourth-order valence-electron chi connectivity index (χ4n) is 8.32. The average molecular weight is 941 g/mol. The number of halogens is 4. The van der Waals surface area contributed by atoms with Crippen molar-refractivity contribution in [2.45, 2.75) is 57.8 Å². The van der Waals surface area contributed by atoms with E-state index < -0.39 is 12.2 Å². The lowest BCUT2D eigenvalue weighted by molar-refractivity contribution is -0.0645. The molecule has 2 N–H and O–H groups in total. The van der Waals surface area contributed by atoms with Crippen molar-refractivity contribution < 1.29 is 28.2 Å². The van der Waals surface area contributed by atoms with E-state index in [-0.39, 0.29) is 24.3 Å². The molecule has 1 aromatic heterocycles. The van der Waals surface area contributed by atoms with Gasteiger partial charge in [-0.15, -0.1) is 0 Å². The van der Waals surface area contributed by atoms with E-state index in [1.807, 2.05) is 117 Å². The molecule has 6 aromatic rings. The van der Waals surface area contributed by atoms with E-state index in [1.165, 1.54) is 5.56 Å². The van der Waals surface area contributed by atoms with Crippen LogP contribution in [0.3, 0.4) is 0 Å². The fraction of sp³-hybridized carbons (Fsp3) is 0.280. The molecule has 2 fully saturated rings. The highest BCUT2D eigenvalue weighted by Crippen LogP contribution is 2.40. The second-order valence-electron chi connectivity index (χ2n) is 16.5. The van der Waals surface area contributed by atoms with Crippen LogP contribution in [0.25, 0.3) is 11.1 Å². The van der Waals surface area contributed by atoms with Gasteiger partial charge in [0.2, 0.25) is 0 Å². The normalized spacial score (nSPS) is 15.8. The van der Waals surface area contributed by atoms with E-state index in [1.54, 1.807) is 9.80 Å². The van der Waals surface area contributed by atoms with Crippen LogP contribution in [0.15, 0.2) is 114 Å². The van der Waals surface area contributed by atoms with E-state index >= 15 is 0 Å². The van der Waals surface area contributed by atoms with Gasteiger partial charge in [-0.1, -0.05) is 107 Å². The summed E-state index contributed by atoms with van der Waals surface area (Å²) in [6.45, 7) is 7.04. The molecule has 4 heterocycles. The summed E-state index contributed by atoms with van der Waals surface area (Å²) in [6.07, 6.45) is -0.554. The first-order chi connectivity index (χ1) is 30.9. The van der Waals surface area contributed by atoms with Gasteiger partial charge >= 0.3 is 12.1 Å². The van der Waals surface area contributed by atoms with Gasteiger partial charge in [0.1, 0.15) is 29.5 Å². The van der Waals surface area contributed by atoms with E-state index in [2.05, 4.69) is 16.7 Å². The quantitative estimate of drug-likeness (QED) is 0.119. The van der Waals surface area contributed by atoms with Gasteiger partial charge < -0.3 is 39.1 Å². The second kappa shape index (κ2) is 19.1. The first-order valence-electron chi connectivity index (χ1n) is 21.2. The molecule has 5 aromatic carbocycles. The van der Waals surface area contributed by atoms with Crippen LogP contribution in [0.2, 0.25) is 20.1 Å². The van der Waals surface area contributed by atoms with Crippen LogP contribution < -0.4 is 15.4 Å². The third-order valence-corrected chi connectivity index (χ3v) is 13.1. The number of aryl methyl sites for hydroxylation is 2. The van der Waals surface area contributed by atoms with Gasteiger partial charge in [-0.05, 0) is 95.8 Å². The molecule has 0 radical (unpaired) electrons. The molecule has 64 heavy (non-hydrogen) atoms. The molecule has 3 aliphatic heterocycles. The van der Waals surface area contributed by atoms with Gasteiger partial charge in [-0.25, -0.2) is 9.59 Å². The number of furan rings is 1. The minimum absolute atomic E-state index is 0.139. The molecule has 0 spiro atoms. The van der Waals surface area contributed by atoms with Crippen molar-refractivity contribution >= 4 is 58.5 Å². The fourth-order valence-corrected chi connectivity index (χ4v) is 9.13. The standard InChI is InChI=1S/C50H46Cl4N4O6/c1-29-19-37(30(2)62-29)24-56-50(60)58-27-41(28-58)64-48(33-6-12-39(52)13-7-33)43-15-9-35(22-45(43)54)34-8-14-42(44(53)21-34)47(32-4-10-38(51)11-5-32)63-40-25-57(26-40)49(59)55-23-31-3-16-46-36(20-31)17-18-61-46/h3-16,19-22,40-41,47-48H,17-18,23-28H2,1-2H3,(H,55,59)(H,56,60). The van der Waals surface area contributed by atoms with Crippen molar-refractivity contribution in [3.8, 4) is 16.9 Å². The van der Waals surface area contributed by atoms with E-state index in [0.717, 1.165) is 68.2 Å². The second-order valence-corrected chi connectivity index (χ2v) is 18.1. The highest BCUT2D eigenvalue weighted by Gasteiger charge is 2.36. The molecule has 0 bridgehead atoms. The summed E-state index contributed by atoms with van der Waals surface area (Å²) in [5.41, 5.74) is 8.22. The summed E-state index contributed by atoms with van der Waals surface area (Å²) in [4.78, 5) is 29.5. The summed E-state index contributed by atoms with van der Waals surface area (Å²) in [6, 6.07) is 34.5. The number of nitrogens with zero attached hydrogens (tertiary/aromatic N) is 2. The van der Waals surface area contributed by atoms with Gasteiger partial charge in [0.25, 0.3) is 0 Å². The maximum absolute atomic E-state index is 13.1. The van der Waals surface area contributed by atoms with Crippen molar-refractivity contribution in [1.82, 2.24) is 20.4 Å². The van der Waals surface area contributed by atoms with Crippen molar-refractivity contribution in [3.05, 3.63) is 180 Å². The van der Waals surface area contributed by atoms with Crippen molar-refractivity contribution in [1.29, 1.82) is 0 Å². The van der Waals surface area contributed by atoms with Crippen LogP contribution in [-0.2, 0) is 29.0 Å². The van der Waals surface area contributed by atoms with Gasteiger partial charge in [0.15, 0.2) is 0 Å². The molecule has 14 heteroatoms. The number of urea groups is 2. The zero-order chi connectivity index (χ0) is 44.5. The molecule has 3 aliphatic rings. The summed E-state index contributed by atoms with van der Waals surface area (Å²) in [5.74, 6) is 2.52. The number of rotatable bonds is 13. The van der Waals surface area contributed by atoms with Crippen LogP contribution in [0, 0.1) is 13.8 Å². The smallest absolute Gasteiger partial charge is 0.317 e. The van der Waals surface area contributed by atoms with Crippen molar-refractivity contribution in [2.75, 3.05) is 32.8 Å². The molecule has 0 aliphatic carbocycles. The zero-order valence-corrected chi connectivity index (χ0v) is 38.2. The first-order valence-corrected chi connectivity index (χ1v) is 22.7. The molecule has 330 valence electrons. The highest BCUT2D eigenvalue weighted by atomic mass is 35.5. The lowest BCUT2D eigenvalue weighted by Crippen LogP contribution is -2.57. The van der Waals surface area contributed by atoms with Crippen molar-refractivity contribution in [2.24, 2.45) is 0 Å². The third kappa shape index (κ3) is 9.88. The summed E-state index contributed by atoms with van der Waals surface area (Å²) >= 11 is 26.8. The summed E-state index contributed by atoms with van der Waals surface area (Å²) in [5, 5.41) is 8.27. The molecule has 2 saturated heterocycles. The lowest BCUT2D eigenvalue weighted by Gasteiger charge is -2.40. The van der Waals surface area contributed by atoms with E-state index in [0.29, 0.717) is 66.0 Å². The molecule has 2 atom stereocenters. The molecule has 4 amide bonds. The molecule has 2 unspecified atom stereocenters. The number of ether oxygens (including phenoxy) is 3. The number of hydrogen-bond acceptors (Lipinski definition) is 6. The number of hydrogen-bond donors (Lipinski definition) is 2. The maximum Gasteiger partial charge on any atom is 0.317 e. The van der Waals surface area contributed by atoms with Crippen LogP contribution in [0.5, 0.6) is 5.75 Å². The Morgan fingerprint density at radius 1 is 0.656 bits per heavy atom. The van der Waals surface area contributed by atoms with E-state index in [9.17, 15) is 9.59 Å². The van der Waals surface area contributed by atoms with Crippen molar-refractivity contribution in [3.63, 3.8) is 0 Å². The topological polar surface area (TPSA) is 106 Å². The maximum atomic E-state index is 13.1. The monoisotopic (exact) mass is 938 g/mol. The summed E-state index contributed by atoms with van der Waals surface area (Å²) in [7, 11) is 0. The summed E-state index contributed by atoms with van der Waals surface area (Å²) < 4.78 is 24.6. The first kappa shape index (κ1) is 44.0. The van der Waals surface area contributed by atoms with Crippen LogP contribution in [-0.4, -0.2) is 66.9 Å². The molecular formula is C50H46Cl4N4O6. The number of carbonyl (C=O) groups is 2. The van der Waals surface area contributed by atoms with Gasteiger partial charge in [0, 0.05) is 56.3 Å². The molecule has 9 rings (SSSR count). The molecule has 0 saturated carbocycles. The lowest BCUT2D eigenvalue weighted by atomic mass is 9.95. The zero-order valence-electron chi connectivity index (χ0n) is 35.2. The van der Waals surface area contributed by atoms with Gasteiger partial charge in [-0.2, -0.15) is 0 Å². The Morgan fingerprint density at radius 2 is 1.17 bits per heavy atom. The van der Waals surface area contributed by atoms with Gasteiger partial charge in [0.05, 0.1) is 45.0 Å². The van der Waals surface area contributed by atoms with Crippen LogP contribution >= 0.6 is 46.4 Å². The minimum atomic E-state index is -0.512. The Balaban J connectivity index is 0.862. The molecule has 10 nitrogen and oxygen atoms in total. The number of nitrogens with one attached hydrogen (secondary N) is 2. The number of benzene rings is 5. The Kier molecular flexibility index (Phi) is 13.1. The number of amides is 4. The number of likely N-dealkylation sites (tertiary alicyclic amines) is 2. The predicted molar refractivity (Wildman–Crippen MR) is 250 cm³/mol. The average Bonchev–Trinajstić information content (AvgIpc) is 3.86. The number of fused-ring (bicyclic) bond motifs is 1. The van der Waals surface area contributed by atoms with Crippen LogP contribution in [0.4, 0.5) is 9.59 Å². The largest absolute Gasteiger partial charge is 0.493 e. The Bertz CT molecular complexity index is 2660. The third-order valence-electron chi connectivity index (χ3n) is 11.9. The Labute approximate surface area is 392 Å². The van der Waals surface area contributed by atoms with Crippen LogP contribution in [0.1, 0.15) is 62.7 Å². The Morgan fingerprint density at radius 3 is 1.66 bits per heavy atom. The number of carbonyl (C=O) groups excluding carboxylic acids is 2. The highest BCUT2D eigenvalue weighted by molar-refractivity contribution is 6.32. The molecular weight excluding hydrogens is 894 g/mol. The predicted octanol–water partition coefficient (Wildman–Crippen LogP) is 11.5. The SMILES string of the molecule is Cc1cc(CNC(=O)N2CC(OC(c3ccc(Cl)cc3)c3ccc(-c4ccc(C(OC5CN(C(=O)NCc6ccc7c(c6)CCO7)C5)c5ccc(Cl)cc5)c(Cl)c4)cc3Cl)C2)c(C)o1. The minimum Gasteiger partial charge on any atom is -0.493 e.